The summed E-state index contributed by atoms with van der Waals surface area (Å²) in [6, 6.07) is 12.9. The summed E-state index contributed by atoms with van der Waals surface area (Å²) in [6.07, 6.45) is 3.30. The molecule has 5 heteroatoms. The van der Waals surface area contributed by atoms with Crippen molar-refractivity contribution in [3.8, 4) is 5.75 Å². The molecule has 1 unspecified atom stereocenters. The van der Waals surface area contributed by atoms with E-state index in [0.29, 0.717) is 12.2 Å². The fraction of sp³-hybridized carbons (Fsp3) is 0.364. The number of hydrogen-bond acceptors (Lipinski definition) is 4. The minimum Gasteiger partial charge on any atom is -0.494 e. The number of nitrogens with one attached hydrogen (secondary N) is 1. The summed E-state index contributed by atoms with van der Waals surface area (Å²) < 4.78 is 5.38. The van der Waals surface area contributed by atoms with Crippen LogP contribution >= 0.6 is 0 Å². The Morgan fingerprint density at radius 1 is 1.15 bits per heavy atom. The van der Waals surface area contributed by atoms with Gasteiger partial charge in [0, 0.05) is 24.1 Å². The van der Waals surface area contributed by atoms with Gasteiger partial charge in [-0.15, -0.1) is 0 Å². The summed E-state index contributed by atoms with van der Waals surface area (Å²) in [4.78, 5) is 24.7. The third-order valence-electron chi connectivity index (χ3n) is 4.88. The van der Waals surface area contributed by atoms with Crippen molar-refractivity contribution in [1.29, 1.82) is 0 Å². The number of aryl methyl sites for hydroxylation is 1. The minimum atomic E-state index is -0.0936. The lowest BCUT2D eigenvalue weighted by Gasteiger charge is -2.26. The lowest BCUT2D eigenvalue weighted by atomic mass is 9.87. The summed E-state index contributed by atoms with van der Waals surface area (Å²) in [5, 5.41) is 3.08. The Balaban J connectivity index is 1.53. The first-order valence-electron chi connectivity index (χ1n) is 9.50. The molecular weight excluding hydrogens is 340 g/mol. The van der Waals surface area contributed by atoms with E-state index >= 15 is 0 Å². The van der Waals surface area contributed by atoms with Gasteiger partial charge in [-0.3, -0.25) is 9.59 Å². The molecule has 0 radical (unpaired) electrons. The largest absolute Gasteiger partial charge is 0.494 e. The molecule has 1 aliphatic carbocycles. The number of nitrogens with two attached hydrogens (primary N) is 1. The zero-order valence-corrected chi connectivity index (χ0v) is 15.7. The Labute approximate surface area is 159 Å². The van der Waals surface area contributed by atoms with Crippen LogP contribution in [0.15, 0.2) is 42.5 Å². The van der Waals surface area contributed by atoms with Crippen LogP contribution in [0.5, 0.6) is 5.75 Å². The van der Waals surface area contributed by atoms with E-state index in [0.717, 1.165) is 36.3 Å². The molecule has 0 heterocycles. The van der Waals surface area contributed by atoms with E-state index in [9.17, 15) is 9.59 Å². The Morgan fingerprint density at radius 3 is 2.67 bits per heavy atom. The molecule has 0 spiro atoms. The summed E-state index contributed by atoms with van der Waals surface area (Å²) in [7, 11) is 0. The van der Waals surface area contributed by atoms with Crippen LogP contribution in [-0.2, 0) is 11.2 Å². The predicted molar refractivity (Wildman–Crippen MR) is 106 cm³/mol. The first-order chi connectivity index (χ1) is 13.1. The zero-order chi connectivity index (χ0) is 19.2. The normalized spacial score (nSPS) is 15.7. The highest BCUT2D eigenvalue weighted by Gasteiger charge is 2.22. The monoisotopic (exact) mass is 366 g/mol. The molecule has 3 rings (SSSR count). The Kier molecular flexibility index (Phi) is 6.12. The van der Waals surface area contributed by atoms with Crippen molar-refractivity contribution in [2.24, 2.45) is 0 Å². The topological polar surface area (TPSA) is 81.4 Å². The second-order valence-corrected chi connectivity index (χ2v) is 6.85. The molecule has 0 fully saturated rings. The van der Waals surface area contributed by atoms with Crippen LogP contribution < -0.4 is 15.8 Å². The second-order valence-electron chi connectivity index (χ2n) is 6.85. The number of carbonyl (C=O) groups excluding carboxylic acids is 2. The number of benzene rings is 2. The fourth-order valence-corrected chi connectivity index (χ4v) is 3.53. The standard InChI is InChI=1S/C22H26N2O3/c1-2-27-18-9-6-15(7-10-18)21(25)12-13-22(26)24-20-5-3-4-16-14-17(23)8-11-19(16)20/h6-11,14,20H,2-5,12-13,23H2,1H3,(H,24,26). The second kappa shape index (κ2) is 8.71. The first kappa shape index (κ1) is 19.0. The van der Waals surface area contributed by atoms with Crippen molar-refractivity contribution in [2.75, 3.05) is 12.3 Å². The lowest BCUT2D eigenvalue weighted by molar-refractivity contribution is -0.121. The van der Waals surface area contributed by atoms with E-state index in [4.69, 9.17) is 10.5 Å². The Bertz CT molecular complexity index is 815. The van der Waals surface area contributed by atoms with Gasteiger partial charge in [0.25, 0.3) is 0 Å². The molecule has 3 N–H and O–H groups in total. The van der Waals surface area contributed by atoms with E-state index < -0.39 is 0 Å². The van der Waals surface area contributed by atoms with Crippen LogP contribution in [0.25, 0.3) is 0 Å². The quantitative estimate of drug-likeness (QED) is 0.576. The summed E-state index contributed by atoms with van der Waals surface area (Å²) in [6.45, 7) is 2.50. The van der Waals surface area contributed by atoms with Gasteiger partial charge in [-0.1, -0.05) is 6.07 Å². The van der Waals surface area contributed by atoms with E-state index in [-0.39, 0.29) is 30.6 Å². The molecule has 5 nitrogen and oxygen atoms in total. The van der Waals surface area contributed by atoms with Gasteiger partial charge in [0.15, 0.2) is 5.78 Å². The molecule has 0 bridgehead atoms. The molecule has 1 amide bonds. The number of rotatable bonds is 7. The number of nitrogen functional groups attached to an aromatic ring is 1. The number of Topliss-reactive ketones (excluding diaryl/α,β-unsaturated/α-hetero) is 1. The third kappa shape index (κ3) is 4.88. The van der Waals surface area contributed by atoms with Gasteiger partial charge >= 0.3 is 0 Å². The highest BCUT2D eigenvalue weighted by Crippen LogP contribution is 2.31. The molecule has 142 valence electrons. The Hall–Kier alpha value is -2.82. The molecule has 0 saturated carbocycles. The average molecular weight is 366 g/mol. The highest BCUT2D eigenvalue weighted by atomic mass is 16.5. The van der Waals surface area contributed by atoms with Crippen molar-refractivity contribution < 1.29 is 14.3 Å². The van der Waals surface area contributed by atoms with Crippen molar-refractivity contribution >= 4 is 17.4 Å². The van der Waals surface area contributed by atoms with Crippen LogP contribution in [0.3, 0.4) is 0 Å². The molecular formula is C22H26N2O3. The van der Waals surface area contributed by atoms with Crippen molar-refractivity contribution in [1.82, 2.24) is 5.32 Å². The van der Waals surface area contributed by atoms with Gasteiger partial charge < -0.3 is 15.8 Å². The summed E-state index contributed by atoms with van der Waals surface area (Å²) >= 11 is 0. The first-order valence-corrected chi connectivity index (χ1v) is 9.50. The van der Waals surface area contributed by atoms with Crippen molar-refractivity contribution in [2.45, 2.75) is 45.1 Å². The fourth-order valence-electron chi connectivity index (χ4n) is 3.53. The van der Waals surface area contributed by atoms with E-state index in [1.54, 1.807) is 24.3 Å². The predicted octanol–water partition coefficient (Wildman–Crippen LogP) is 3.82. The van der Waals surface area contributed by atoms with Gasteiger partial charge in [0.1, 0.15) is 5.75 Å². The lowest BCUT2D eigenvalue weighted by Crippen LogP contribution is -2.31. The van der Waals surface area contributed by atoms with Crippen LogP contribution in [0.1, 0.15) is 60.1 Å². The van der Waals surface area contributed by atoms with Crippen LogP contribution in [-0.4, -0.2) is 18.3 Å². The molecule has 2 aromatic rings. The third-order valence-corrected chi connectivity index (χ3v) is 4.88. The molecule has 0 saturated heterocycles. The SMILES string of the molecule is CCOc1ccc(C(=O)CCC(=O)NC2CCCc3cc(N)ccc32)cc1. The maximum Gasteiger partial charge on any atom is 0.220 e. The molecule has 2 aromatic carbocycles. The number of fused-ring (bicyclic) bond motifs is 1. The van der Waals surface area contributed by atoms with Gasteiger partial charge in [0.05, 0.1) is 12.6 Å². The summed E-state index contributed by atoms with van der Waals surface area (Å²) in [5.74, 6) is 0.609. The number of anilines is 1. The van der Waals surface area contributed by atoms with Crippen LogP contribution in [0.2, 0.25) is 0 Å². The van der Waals surface area contributed by atoms with Gasteiger partial charge in [-0.2, -0.15) is 0 Å². The minimum absolute atomic E-state index is 0.00225. The molecule has 0 aliphatic heterocycles. The number of carbonyl (C=O) groups is 2. The van der Waals surface area contributed by atoms with Crippen LogP contribution in [0.4, 0.5) is 5.69 Å². The smallest absolute Gasteiger partial charge is 0.220 e. The molecule has 27 heavy (non-hydrogen) atoms. The van der Waals surface area contributed by atoms with E-state index in [2.05, 4.69) is 5.32 Å². The van der Waals surface area contributed by atoms with Crippen LogP contribution in [0, 0.1) is 0 Å². The van der Waals surface area contributed by atoms with Crippen molar-refractivity contribution in [3.05, 3.63) is 59.2 Å². The number of ether oxygens (including phenoxy) is 1. The molecule has 1 atom stereocenters. The van der Waals surface area contributed by atoms with Crippen molar-refractivity contribution in [3.63, 3.8) is 0 Å². The van der Waals surface area contributed by atoms with Gasteiger partial charge in [0.2, 0.25) is 5.91 Å². The number of hydrogen-bond donors (Lipinski definition) is 2. The van der Waals surface area contributed by atoms with Gasteiger partial charge in [-0.05, 0) is 73.7 Å². The maximum absolute atomic E-state index is 12.4. The maximum atomic E-state index is 12.4. The highest BCUT2D eigenvalue weighted by molar-refractivity contribution is 5.98. The molecule has 0 aromatic heterocycles. The number of amides is 1. The number of ketones is 1. The van der Waals surface area contributed by atoms with Gasteiger partial charge in [-0.25, -0.2) is 0 Å². The molecule has 1 aliphatic rings. The van der Waals surface area contributed by atoms with E-state index in [1.165, 1.54) is 5.56 Å². The zero-order valence-electron chi connectivity index (χ0n) is 15.7. The van der Waals surface area contributed by atoms with E-state index in [1.807, 2.05) is 25.1 Å². The Morgan fingerprint density at radius 2 is 1.93 bits per heavy atom. The average Bonchev–Trinajstić information content (AvgIpc) is 2.67. The summed E-state index contributed by atoms with van der Waals surface area (Å²) in [5.41, 5.74) is 9.56.